The number of benzene rings is 1. The van der Waals surface area contributed by atoms with Crippen LogP contribution in [0.15, 0.2) is 30.3 Å². The van der Waals surface area contributed by atoms with Gasteiger partial charge in [0.1, 0.15) is 11.5 Å². The van der Waals surface area contributed by atoms with E-state index in [4.69, 9.17) is 5.10 Å². The number of nitrogens with one attached hydrogen (secondary N) is 1. The Bertz CT molecular complexity index is 990. The largest absolute Gasteiger partial charge is 0.370 e. The van der Waals surface area contributed by atoms with Crippen LogP contribution in [0.2, 0.25) is 0 Å². The average molecular weight is 368 g/mol. The third-order valence-electron chi connectivity index (χ3n) is 4.73. The molecule has 7 heteroatoms. The predicted molar refractivity (Wildman–Crippen MR) is 104 cm³/mol. The molecule has 0 saturated carbocycles. The summed E-state index contributed by atoms with van der Waals surface area (Å²) in [5.41, 5.74) is 3.98. The number of nitrogens with zero attached hydrogens (tertiary/aromatic N) is 3. The van der Waals surface area contributed by atoms with Crippen LogP contribution in [0.4, 0.5) is 11.5 Å². The minimum absolute atomic E-state index is 0.0805. The zero-order valence-corrected chi connectivity index (χ0v) is 15.6. The number of non-ortho nitro benzene ring substituents is 1. The fourth-order valence-corrected chi connectivity index (χ4v) is 4.26. The number of hydrogen-bond acceptors (Lipinski definition) is 5. The van der Waals surface area contributed by atoms with Gasteiger partial charge in [-0.2, -0.15) is 5.10 Å². The van der Waals surface area contributed by atoms with Gasteiger partial charge in [0.2, 0.25) is 0 Å². The minimum atomic E-state index is -0.359. The maximum absolute atomic E-state index is 11.2. The molecular weight excluding hydrogens is 348 g/mol. The van der Waals surface area contributed by atoms with Crippen molar-refractivity contribution in [3.8, 4) is 16.3 Å². The molecule has 0 atom stereocenters. The number of nitro groups is 1. The number of anilines is 1. The van der Waals surface area contributed by atoms with Gasteiger partial charge < -0.3 is 5.32 Å². The molecule has 2 aromatic heterocycles. The topological polar surface area (TPSA) is 73.0 Å². The van der Waals surface area contributed by atoms with E-state index in [1.54, 1.807) is 23.5 Å². The Morgan fingerprint density at radius 3 is 2.81 bits per heavy atom. The number of aromatic nitrogens is 2. The minimum Gasteiger partial charge on any atom is -0.370 e. The van der Waals surface area contributed by atoms with Gasteiger partial charge in [0.05, 0.1) is 15.5 Å². The van der Waals surface area contributed by atoms with Crippen LogP contribution in [0.1, 0.15) is 28.8 Å². The van der Waals surface area contributed by atoms with Crippen molar-refractivity contribution >= 4 is 22.8 Å². The molecule has 26 heavy (non-hydrogen) atoms. The molecular formula is C19H20N4O2S. The fourth-order valence-electron chi connectivity index (χ4n) is 3.38. The van der Waals surface area contributed by atoms with Gasteiger partial charge in [0, 0.05) is 29.1 Å². The molecule has 4 rings (SSSR count). The number of thiophene rings is 1. The zero-order valence-electron chi connectivity index (χ0n) is 14.8. The number of rotatable bonds is 3. The summed E-state index contributed by atoms with van der Waals surface area (Å²) in [6, 6.07) is 9.15. The van der Waals surface area contributed by atoms with E-state index >= 15 is 0 Å². The Balaban J connectivity index is 1.93. The van der Waals surface area contributed by atoms with Gasteiger partial charge >= 0.3 is 0 Å². The summed E-state index contributed by atoms with van der Waals surface area (Å²) in [4.78, 5) is 13.3. The van der Waals surface area contributed by atoms with E-state index < -0.39 is 0 Å². The van der Waals surface area contributed by atoms with Crippen molar-refractivity contribution in [2.24, 2.45) is 0 Å². The lowest BCUT2D eigenvalue weighted by molar-refractivity contribution is -0.384. The number of nitro benzene ring substituents is 1. The monoisotopic (exact) mass is 368 g/mol. The Hall–Kier alpha value is -2.67. The molecule has 0 radical (unpaired) electrons. The lowest BCUT2D eigenvalue weighted by Crippen LogP contribution is -2.08. The Labute approximate surface area is 155 Å². The highest BCUT2D eigenvalue weighted by Crippen LogP contribution is 2.37. The van der Waals surface area contributed by atoms with Gasteiger partial charge in [-0.25, -0.2) is 4.68 Å². The van der Waals surface area contributed by atoms with Gasteiger partial charge in [-0.05, 0) is 50.8 Å². The van der Waals surface area contributed by atoms with E-state index in [0.29, 0.717) is 0 Å². The smallest absolute Gasteiger partial charge is 0.271 e. The van der Waals surface area contributed by atoms with E-state index in [1.165, 1.54) is 16.5 Å². The van der Waals surface area contributed by atoms with Gasteiger partial charge in [-0.1, -0.05) is 6.07 Å². The Morgan fingerprint density at radius 1 is 1.23 bits per heavy atom. The first-order valence-electron chi connectivity index (χ1n) is 8.72. The summed E-state index contributed by atoms with van der Waals surface area (Å²) < 4.78 is 1.85. The van der Waals surface area contributed by atoms with E-state index in [1.807, 2.05) is 11.6 Å². The lowest BCUT2D eigenvalue weighted by Gasteiger charge is -2.11. The van der Waals surface area contributed by atoms with Gasteiger partial charge in [-0.3, -0.25) is 10.1 Å². The highest BCUT2D eigenvalue weighted by atomic mass is 32.1. The molecule has 3 heterocycles. The number of aryl methyl sites for hydroxylation is 2. The van der Waals surface area contributed by atoms with Crippen molar-refractivity contribution in [3.63, 3.8) is 0 Å². The molecule has 3 aromatic rings. The standard InChI is InChI=1S/C19H20N4O2S/c1-12-6-8-14(23(24)25)11-16(12)22-19-15(5-3-4-10-20-19)18(21-22)17-9-7-13(2)26-17/h6-9,11,20H,3-5,10H2,1-2H3. The van der Waals surface area contributed by atoms with Crippen molar-refractivity contribution in [1.29, 1.82) is 0 Å². The Kier molecular flexibility index (Phi) is 4.24. The van der Waals surface area contributed by atoms with Gasteiger partial charge in [0.25, 0.3) is 5.69 Å². The van der Waals surface area contributed by atoms with Gasteiger partial charge in [0.15, 0.2) is 0 Å². The lowest BCUT2D eigenvalue weighted by atomic mass is 10.1. The summed E-state index contributed by atoms with van der Waals surface area (Å²) in [6.07, 6.45) is 3.17. The second-order valence-corrected chi connectivity index (χ2v) is 7.90. The fraction of sp³-hybridized carbons (Fsp3) is 0.316. The van der Waals surface area contributed by atoms with Crippen LogP contribution in [-0.2, 0) is 6.42 Å². The molecule has 0 amide bonds. The molecule has 0 bridgehead atoms. The third kappa shape index (κ3) is 2.88. The summed E-state index contributed by atoms with van der Waals surface area (Å²) in [7, 11) is 0. The summed E-state index contributed by atoms with van der Waals surface area (Å²) in [6.45, 7) is 4.93. The van der Waals surface area contributed by atoms with Crippen LogP contribution in [-0.4, -0.2) is 21.2 Å². The highest BCUT2D eigenvalue weighted by Gasteiger charge is 2.24. The van der Waals surface area contributed by atoms with E-state index in [9.17, 15) is 10.1 Å². The normalized spacial score (nSPS) is 13.8. The quantitative estimate of drug-likeness (QED) is 0.528. The van der Waals surface area contributed by atoms with Crippen molar-refractivity contribution in [2.45, 2.75) is 33.1 Å². The molecule has 0 saturated heterocycles. The van der Waals surface area contributed by atoms with Crippen molar-refractivity contribution in [2.75, 3.05) is 11.9 Å². The molecule has 0 fully saturated rings. The second-order valence-electron chi connectivity index (χ2n) is 6.61. The third-order valence-corrected chi connectivity index (χ3v) is 5.74. The van der Waals surface area contributed by atoms with Crippen molar-refractivity contribution < 1.29 is 4.92 Å². The zero-order chi connectivity index (χ0) is 18.3. The van der Waals surface area contributed by atoms with Crippen LogP contribution in [0, 0.1) is 24.0 Å². The van der Waals surface area contributed by atoms with Crippen LogP contribution in [0.5, 0.6) is 0 Å². The molecule has 0 aliphatic carbocycles. The molecule has 1 N–H and O–H groups in total. The van der Waals surface area contributed by atoms with Crippen LogP contribution < -0.4 is 5.32 Å². The average Bonchev–Trinajstić information content (AvgIpc) is 3.10. The number of fused-ring (bicyclic) bond motifs is 1. The second kappa shape index (κ2) is 6.57. The first-order chi connectivity index (χ1) is 12.5. The van der Waals surface area contributed by atoms with Crippen molar-refractivity contribution in [3.05, 3.63) is 56.5 Å². The maximum atomic E-state index is 11.2. The van der Waals surface area contributed by atoms with E-state index in [2.05, 4.69) is 24.4 Å². The highest BCUT2D eigenvalue weighted by molar-refractivity contribution is 7.15. The van der Waals surface area contributed by atoms with E-state index in [-0.39, 0.29) is 10.6 Å². The first-order valence-corrected chi connectivity index (χ1v) is 9.54. The first kappa shape index (κ1) is 16.8. The SMILES string of the molecule is Cc1ccc(-c2nn(-c3cc([N+](=O)[O-])ccc3C)c3c2CCCCN3)s1. The summed E-state index contributed by atoms with van der Waals surface area (Å²) in [5.74, 6) is 0.965. The van der Waals surface area contributed by atoms with Crippen LogP contribution >= 0.6 is 11.3 Å². The van der Waals surface area contributed by atoms with Gasteiger partial charge in [-0.15, -0.1) is 11.3 Å². The molecule has 134 valence electrons. The molecule has 0 spiro atoms. The molecule has 6 nitrogen and oxygen atoms in total. The van der Waals surface area contributed by atoms with Crippen LogP contribution in [0.25, 0.3) is 16.3 Å². The van der Waals surface area contributed by atoms with E-state index in [0.717, 1.165) is 53.4 Å². The maximum Gasteiger partial charge on any atom is 0.271 e. The van der Waals surface area contributed by atoms with Crippen molar-refractivity contribution in [1.82, 2.24) is 9.78 Å². The molecule has 0 unspecified atom stereocenters. The molecule has 1 aromatic carbocycles. The Morgan fingerprint density at radius 2 is 2.08 bits per heavy atom. The summed E-state index contributed by atoms with van der Waals surface area (Å²) >= 11 is 1.73. The summed E-state index contributed by atoms with van der Waals surface area (Å²) in [5, 5.41) is 19.6. The molecule has 1 aliphatic rings. The molecule has 1 aliphatic heterocycles. The number of hydrogen-bond donors (Lipinski definition) is 1. The van der Waals surface area contributed by atoms with Crippen LogP contribution in [0.3, 0.4) is 0 Å². The predicted octanol–water partition coefficient (Wildman–Crippen LogP) is 4.87.